The molecule has 2 N–H and O–H groups in total. The van der Waals surface area contributed by atoms with E-state index in [2.05, 4.69) is 26.2 Å². The van der Waals surface area contributed by atoms with Crippen LogP contribution in [0.4, 0.5) is 0 Å². The second kappa shape index (κ2) is 5.74. The fraction of sp³-hybridized carbons (Fsp3) is 0.118. The van der Waals surface area contributed by atoms with E-state index in [4.69, 9.17) is 0 Å². The Balaban J connectivity index is 1.79. The smallest absolute Gasteiger partial charge is 0.251 e. The third kappa shape index (κ3) is 3.00. The van der Waals surface area contributed by atoms with E-state index in [1.54, 1.807) is 0 Å². The molecule has 3 aromatic rings. The van der Waals surface area contributed by atoms with Crippen molar-refractivity contribution in [3.8, 4) is 0 Å². The minimum Gasteiger partial charge on any atom is -0.361 e. The topological polar surface area (TPSA) is 44.9 Å². The Morgan fingerprint density at radius 3 is 2.86 bits per heavy atom. The molecule has 3 nitrogen and oxygen atoms in total. The van der Waals surface area contributed by atoms with Crippen molar-refractivity contribution in [1.82, 2.24) is 10.3 Å². The highest BCUT2D eigenvalue weighted by Crippen LogP contribution is 2.19. The Morgan fingerprint density at radius 1 is 1.19 bits per heavy atom. The number of benzene rings is 2. The van der Waals surface area contributed by atoms with Crippen LogP contribution in [0.5, 0.6) is 0 Å². The first-order chi connectivity index (χ1) is 10.1. The van der Waals surface area contributed by atoms with Gasteiger partial charge >= 0.3 is 0 Å². The highest BCUT2D eigenvalue weighted by molar-refractivity contribution is 9.10. The van der Waals surface area contributed by atoms with Gasteiger partial charge in [0, 0.05) is 21.7 Å². The third-order valence-corrected chi connectivity index (χ3v) is 4.01. The van der Waals surface area contributed by atoms with Crippen LogP contribution in [0, 0.1) is 0 Å². The normalized spacial score (nSPS) is 12.3. The number of hydrogen-bond donors (Lipinski definition) is 2. The van der Waals surface area contributed by atoms with Crippen molar-refractivity contribution in [3.63, 3.8) is 0 Å². The maximum Gasteiger partial charge on any atom is 0.251 e. The molecule has 1 atom stereocenters. The van der Waals surface area contributed by atoms with E-state index in [0.29, 0.717) is 5.56 Å². The highest BCUT2D eigenvalue weighted by atomic mass is 79.9. The van der Waals surface area contributed by atoms with Crippen molar-refractivity contribution in [3.05, 3.63) is 70.3 Å². The first kappa shape index (κ1) is 13.9. The number of rotatable bonds is 3. The van der Waals surface area contributed by atoms with Gasteiger partial charge in [-0.1, -0.05) is 34.1 Å². The molecule has 1 aromatic heterocycles. The average Bonchev–Trinajstić information content (AvgIpc) is 2.94. The van der Waals surface area contributed by atoms with Crippen LogP contribution in [-0.4, -0.2) is 10.9 Å². The van der Waals surface area contributed by atoms with Crippen molar-refractivity contribution < 1.29 is 4.79 Å². The number of hydrogen-bond acceptors (Lipinski definition) is 1. The van der Waals surface area contributed by atoms with Crippen LogP contribution in [0.3, 0.4) is 0 Å². The number of aromatic nitrogens is 1. The number of carbonyl (C=O) groups excluding carboxylic acids is 1. The number of nitrogens with one attached hydrogen (secondary N) is 2. The lowest BCUT2D eigenvalue weighted by atomic mass is 10.1. The zero-order valence-electron chi connectivity index (χ0n) is 11.6. The summed E-state index contributed by atoms with van der Waals surface area (Å²) in [6, 6.07) is 15.6. The Labute approximate surface area is 131 Å². The van der Waals surface area contributed by atoms with Gasteiger partial charge in [0.15, 0.2) is 0 Å². The SMILES string of the molecule is C[C@H](NC(=O)c1ccc2cc[nH]c2c1)c1cccc(Br)c1. The third-order valence-electron chi connectivity index (χ3n) is 3.51. The molecule has 2 aromatic carbocycles. The summed E-state index contributed by atoms with van der Waals surface area (Å²) in [5, 5.41) is 4.13. The molecule has 0 bridgehead atoms. The van der Waals surface area contributed by atoms with Gasteiger partial charge in [-0.15, -0.1) is 0 Å². The van der Waals surface area contributed by atoms with Crippen molar-refractivity contribution in [2.24, 2.45) is 0 Å². The maximum absolute atomic E-state index is 12.3. The van der Waals surface area contributed by atoms with Crippen LogP contribution < -0.4 is 5.32 Å². The van der Waals surface area contributed by atoms with Gasteiger partial charge in [0.05, 0.1) is 6.04 Å². The lowest BCUT2D eigenvalue weighted by molar-refractivity contribution is 0.0940. The molecule has 0 saturated carbocycles. The molecule has 0 aliphatic heterocycles. The summed E-state index contributed by atoms with van der Waals surface area (Å²) in [5.41, 5.74) is 2.70. The molecule has 1 heterocycles. The molecule has 0 fully saturated rings. The molecule has 0 saturated heterocycles. The maximum atomic E-state index is 12.3. The number of aromatic amines is 1. The monoisotopic (exact) mass is 342 g/mol. The molecule has 0 spiro atoms. The van der Waals surface area contributed by atoms with Gasteiger partial charge in [-0.05, 0) is 48.2 Å². The van der Waals surface area contributed by atoms with E-state index in [1.807, 2.05) is 61.7 Å². The van der Waals surface area contributed by atoms with Gasteiger partial charge in [0.1, 0.15) is 0 Å². The minimum atomic E-state index is -0.0704. The van der Waals surface area contributed by atoms with Crippen LogP contribution in [0.1, 0.15) is 28.9 Å². The fourth-order valence-electron chi connectivity index (χ4n) is 2.33. The molecule has 106 valence electrons. The zero-order chi connectivity index (χ0) is 14.8. The Hall–Kier alpha value is -2.07. The van der Waals surface area contributed by atoms with Crippen LogP contribution in [0.2, 0.25) is 0 Å². The summed E-state index contributed by atoms with van der Waals surface area (Å²) in [7, 11) is 0. The molecule has 0 radical (unpaired) electrons. The standard InChI is InChI=1S/C17H15BrN2O/c1-11(13-3-2-4-15(18)9-13)20-17(21)14-6-5-12-7-8-19-16(12)10-14/h2-11,19H,1H3,(H,20,21)/t11-/m0/s1. The highest BCUT2D eigenvalue weighted by Gasteiger charge is 2.12. The average molecular weight is 343 g/mol. The van der Waals surface area contributed by atoms with E-state index in [0.717, 1.165) is 20.9 Å². The summed E-state index contributed by atoms with van der Waals surface area (Å²) >= 11 is 3.45. The summed E-state index contributed by atoms with van der Waals surface area (Å²) in [6.07, 6.45) is 1.87. The number of fused-ring (bicyclic) bond motifs is 1. The lowest BCUT2D eigenvalue weighted by Gasteiger charge is -2.14. The van der Waals surface area contributed by atoms with Gasteiger partial charge in [0.25, 0.3) is 5.91 Å². The summed E-state index contributed by atoms with van der Waals surface area (Å²) in [6.45, 7) is 1.98. The summed E-state index contributed by atoms with van der Waals surface area (Å²) in [4.78, 5) is 15.5. The Kier molecular flexibility index (Phi) is 3.80. The molecular weight excluding hydrogens is 328 g/mol. The van der Waals surface area contributed by atoms with Gasteiger partial charge in [-0.3, -0.25) is 4.79 Å². The second-order valence-corrected chi connectivity index (χ2v) is 5.95. The van der Waals surface area contributed by atoms with Crippen LogP contribution in [0.15, 0.2) is 59.2 Å². The van der Waals surface area contributed by atoms with E-state index in [-0.39, 0.29) is 11.9 Å². The molecule has 21 heavy (non-hydrogen) atoms. The fourth-order valence-corrected chi connectivity index (χ4v) is 2.75. The largest absolute Gasteiger partial charge is 0.361 e. The molecular formula is C17H15BrN2O. The number of halogens is 1. The van der Waals surface area contributed by atoms with E-state index in [9.17, 15) is 4.79 Å². The van der Waals surface area contributed by atoms with Crippen molar-refractivity contribution in [2.45, 2.75) is 13.0 Å². The van der Waals surface area contributed by atoms with Gasteiger partial charge in [-0.2, -0.15) is 0 Å². The van der Waals surface area contributed by atoms with Gasteiger partial charge in [-0.25, -0.2) is 0 Å². The predicted molar refractivity (Wildman–Crippen MR) is 88.3 cm³/mol. The van der Waals surface area contributed by atoms with Crippen molar-refractivity contribution >= 4 is 32.7 Å². The number of carbonyl (C=O) groups is 1. The quantitative estimate of drug-likeness (QED) is 0.726. The van der Waals surface area contributed by atoms with E-state index in [1.165, 1.54) is 0 Å². The predicted octanol–water partition coefficient (Wildman–Crippen LogP) is 4.42. The van der Waals surface area contributed by atoms with E-state index >= 15 is 0 Å². The van der Waals surface area contributed by atoms with Gasteiger partial charge < -0.3 is 10.3 Å². The Morgan fingerprint density at radius 2 is 2.05 bits per heavy atom. The molecule has 3 rings (SSSR count). The zero-order valence-corrected chi connectivity index (χ0v) is 13.1. The summed E-state index contributed by atoms with van der Waals surface area (Å²) < 4.78 is 1.01. The van der Waals surface area contributed by atoms with Crippen LogP contribution >= 0.6 is 15.9 Å². The van der Waals surface area contributed by atoms with E-state index < -0.39 is 0 Å². The molecule has 4 heteroatoms. The summed E-state index contributed by atoms with van der Waals surface area (Å²) in [5.74, 6) is -0.0704. The second-order valence-electron chi connectivity index (χ2n) is 5.03. The number of H-pyrrole nitrogens is 1. The first-order valence-corrected chi connectivity index (χ1v) is 7.56. The molecule has 1 amide bonds. The van der Waals surface area contributed by atoms with Crippen LogP contribution in [-0.2, 0) is 0 Å². The lowest BCUT2D eigenvalue weighted by Crippen LogP contribution is -2.26. The Bertz CT molecular complexity index is 794. The van der Waals surface area contributed by atoms with Gasteiger partial charge in [0.2, 0.25) is 0 Å². The first-order valence-electron chi connectivity index (χ1n) is 6.77. The van der Waals surface area contributed by atoms with Crippen molar-refractivity contribution in [1.29, 1.82) is 0 Å². The molecule has 0 unspecified atom stereocenters. The molecule has 0 aliphatic rings. The molecule has 0 aliphatic carbocycles. The minimum absolute atomic E-state index is 0.0469. The van der Waals surface area contributed by atoms with Crippen LogP contribution in [0.25, 0.3) is 10.9 Å². The number of amides is 1. The van der Waals surface area contributed by atoms with Crippen molar-refractivity contribution in [2.75, 3.05) is 0 Å².